The second-order valence-corrected chi connectivity index (χ2v) is 4.87. The Kier molecular flexibility index (Phi) is 7.57. The fraction of sp³-hybridized carbons (Fsp3) is 0.385. The van der Waals surface area contributed by atoms with E-state index in [2.05, 4.69) is 5.32 Å². The van der Waals surface area contributed by atoms with Crippen LogP contribution in [-0.4, -0.2) is 41.5 Å². The van der Waals surface area contributed by atoms with Crippen molar-refractivity contribution in [2.24, 2.45) is 0 Å². The van der Waals surface area contributed by atoms with Gasteiger partial charge in [-0.3, -0.25) is 14.5 Å². The summed E-state index contributed by atoms with van der Waals surface area (Å²) in [5.74, 6) is -1.22. The third kappa shape index (κ3) is 5.36. The first-order chi connectivity index (χ1) is 8.81. The number of aliphatic carboxylic acids is 1. The molecule has 1 atom stereocenters. The Bertz CT molecular complexity index is 495. The summed E-state index contributed by atoms with van der Waals surface area (Å²) >= 11 is 5.83. The molecule has 0 aromatic heterocycles. The molecule has 20 heavy (non-hydrogen) atoms. The monoisotopic (exact) mass is 320 g/mol. The fourth-order valence-electron chi connectivity index (χ4n) is 1.51. The van der Waals surface area contributed by atoms with Crippen LogP contribution in [0.15, 0.2) is 18.2 Å². The number of anilines is 1. The number of amides is 1. The zero-order chi connectivity index (χ0) is 14.6. The molecule has 0 aliphatic heterocycles. The van der Waals surface area contributed by atoms with Crippen molar-refractivity contribution in [2.45, 2.75) is 19.9 Å². The summed E-state index contributed by atoms with van der Waals surface area (Å²) in [6.07, 6.45) is 0. The number of nitrogens with one attached hydrogen (secondary N) is 1. The SMILES string of the molecule is Cc1cc(Cl)ccc1NC(=O)CN(C)C(C)C(=O)O.Cl. The van der Waals surface area contributed by atoms with E-state index < -0.39 is 12.0 Å². The average molecular weight is 321 g/mol. The van der Waals surface area contributed by atoms with Crippen LogP contribution in [0.25, 0.3) is 0 Å². The highest BCUT2D eigenvalue weighted by Crippen LogP contribution is 2.19. The van der Waals surface area contributed by atoms with Crippen LogP contribution in [0.5, 0.6) is 0 Å². The molecule has 0 bridgehead atoms. The first kappa shape index (κ1) is 18.7. The first-order valence-electron chi connectivity index (χ1n) is 5.80. The summed E-state index contributed by atoms with van der Waals surface area (Å²) in [7, 11) is 1.59. The van der Waals surface area contributed by atoms with Crippen LogP contribution in [0, 0.1) is 6.92 Å². The molecule has 0 fully saturated rings. The van der Waals surface area contributed by atoms with Crippen LogP contribution >= 0.6 is 24.0 Å². The lowest BCUT2D eigenvalue weighted by Gasteiger charge is -2.20. The van der Waals surface area contributed by atoms with Gasteiger partial charge in [0.15, 0.2) is 0 Å². The van der Waals surface area contributed by atoms with Gasteiger partial charge < -0.3 is 10.4 Å². The Morgan fingerprint density at radius 1 is 1.45 bits per heavy atom. The number of carbonyl (C=O) groups is 2. The largest absolute Gasteiger partial charge is 0.480 e. The van der Waals surface area contributed by atoms with Crippen LogP contribution in [0.1, 0.15) is 12.5 Å². The number of likely N-dealkylation sites (N-methyl/N-ethyl adjacent to an activating group) is 1. The maximum atomic E-state index is 11.8. The predicted molar refractivity (Wildman–Crippen MR) is 81.8 cm³/mol. The van der Waals surface area contributed by atoms with E-state index in [9.17, 15) is 9.59 Å². The van der Waals surface area contributed by atoms with E-state index >= 15 is 0 Å². The molecule has 112 valence electrons. The molecule has 0 spiro atoms. The van der Waals surface area contributed by atoms with Crippen molar-refractivity contribution >= 4 is 41.6 Å². The number of carbonyl (C=O) groups excluding carboxylic acids is 1. The summed E-state index contributed by atoms with van der Waals surface area (Å²) in [5, 5.41) is 12.2. The number of nitrogens with zero attached hydrogens (tertiary/aromatic N) is 1. The van der Waals surface area contributed by atoms with Crippen molar-refractivity contribution < 1.29 is 14.7 Å². The molecule has 0 aliphatic rings. The Morgan fingerprint density at radius 3 is 2.55 bits per heavy atom. The van der Waals surface area contributed by atoms with Crippen molar-refractivity contribution in [2.75, 3.05) is 18.9 Å². The van der Waals surface area contributed by atoms with E-state index in [1.807, 2.05) is 6.92 Å². The maximum Gasteiger partial charge on any atom is 0.320 e. The van der Waals surface area contributed by atoms with Crippen LogP contribution < -0.4 is 5.32 Å². The number of hydrogen-bond acceptors (Lipinski definition) is 3. The molecule has 2 N–H and O–H groups in total. The zero-order valence-electron chi connectivity index (χ0n) is 11.5. The molecule has 0 saturated heterocycles. The van der Waals surface area contributed by atoms with E-state index in [4.69, 9.17) is 16.7 Å². The third-order valence-electron chi connectivity index (χ3n) is 2.87. The molecular weight excluding hydrogens is 303 g/mol. The molecule has 1 rings (SSSR count). The second-order valence-electron chi connectivity index (χ2n) is 4.44. The molecule has 0 aliphatic carbocycles. The van der Waals surface area contributed by atoms with Crippen molar-refractivity contribution in [3.8, 4) is 0 Å². The molecule has 5 nitrogen and oxygen atoms in total. The summed E-state index contributed by atoms with van der Waals surface area (Å²) in [6, 6.07) is 4.45. The molecule has 1 amide bonds. The van der Waals surface area contributed by atoms with E-state index in [-0.39, 0.29) is 24.9 Å². The molecule has 0 radical (unpaired) electrons. The van der Waals surface area contributed by atoms with Gasteiger partial charge in [0.2, 0.25) is 5.91 Å². The minimum Gasteiger partial charge on any atom is -0.480 e. The maximum absolute atomic E-state index is 11.8. The molecule has 1 aromatic rings. The van der Waals surface area contributed by atoms with Gasteiger partial charge in [0.25, 0.3) is 0 Å². The predicted octanol–water partition coefficient (Wildman–Crippen LogP) is 2.41. The molecule has 0 saturated carbocycles. The van der Waals surface area contributed by atoms with Gasteiger partial charge in [0.05, 0.1) is 6.54 Å². The van der Waals surface area contributed by atoms with Gasteiger partial charge in [0.1, 0.15) is 6.04 Å². The number of carboxylic acid groups (broad SMARTS) is 1. The zero-order valence-corrected chi connectivity index (χ0v) is 13.1. The van der Waals surface area contributed by atoms with Gasteiger partial charge in [-0.15, -0.1) is 12.4 Å². The van der Waals surface area contributed by atoms with E-state index in [0.717, 1.165) is 5.56 Å². The van der Waals surface area contributed by atoms with Crippen LogP contribution in [0.4, 0.5) is 5.69 Å². The highest BCUT2D eigenvalue weighted by atomic mass is 35.5. The lowest BCUT2D eigenvalue weighted by molar-refractivity contribution is -0.142. The fourth-order valence-corrected chi connectivity index (χ4v) is 1.74. The van der Waals surface area contributed by atoms with E-state index in [1.54, 1.807) is 25.2 Å². The van der Waals surface area contributed by atoms with Gasteiger partial charge in [-0.25, -0.2) is 0 Å². The summed E-state index contributed by atoms with van der Waals surface area (Å²) in [5.41, 5.74) is 1.53. The van der Waals surface area contributed by atoms with Gasteiger partial charge >= 0.3 is 5.97 Å². The van der Waals surface area contributed by atoms with Gasteiger partial charge in [-0.1, -0.05) is 11.6 Å². The smallest absolute Gasteiger partial charge is 0.320 e. The second kappa shape index (κ2) is 8.09. The van der Waals surface area contributed by atoms with Crippen molar-refractivity contribution in [1.29, 1.82) is 0 Å². The summed E-state index contributed by atoms with van der Waals surface area (Å²) < 4.78 is 0. The lowest BCUT2D eigenvalue weighted by atomic mass is 10.2. The molecule has 0 heterocycles. The number of benzene rings is 1. The topological polar surface area (TPSA) is 69.6 Å². The standard InChI is InChI=1S/C13H17ClN2O3.ClH/c1-8-6-10(14)4-5-11(8)15-12(17)7-16(3)9(2)13(18)19;/h4-6,9H,7H2,1-3H3,(H,15,17)(H,18,19);1H. The Morgan fingerprint density at radius 2 is 2.05 bits per heavy atom. The summed E-state index contributed by atoms with van der Waals surface area (Å²) in [6.45, 7) is 3.38. The molecule has 1 aromatic carbocycles. The van der Waals surface area contributed by atoms with Crippen LogP contribution in [0.2, 0.25) is 5.02 Å². The quantitative estimate of drug-likeness (QED) is 0.874. The van der Waals surface area contributed by atoms with Gasteiger partial charge in [-0.05, 0) is 44.7 Å². The van der Waals surface area contributed by atoms with E-state index in [1.165, 1.54) is 11.8 Å². The van der Waals surface area contributed by atoms with E-state index in [0.29, 0.717) is 10.7 Å². The minimum absolute atomic E-state index is 0. The minimum atomic E-state index is -0.960. The van der Waals surface area contributed by atoms with Crippen molar-refractivity contribution in [3.63, 3.8) is 0 Å². The number of aryl methyl sites for hydroxylation is 1. The number of carboxylic acids is 1. The number of hydrogen-bond donors (Lipinski definition) is 2. The lowest BCUT2D eigenvalue weighted by Crippen LogP contribution is -2.40. The van der Waals surface area contributed by atoms with Crippen LogP contribution in [-0.2, 0) is 9.59 Å². The normalized spacial score (nSPS) is 11.7. The molecular formula is C13H18Cl2N2O3. The van der Waals surface area contributed by atoms with Crippen molar-refractivity contribution in [3.05, 3.63) is 28.8 Å². The average Bonchev–Trinajstić information content (AvgIpc) is 2.31. The molecule has 1 unspecified atom stereocenters. The first-order valence-corrected chi connectivity index (χ1v) is 6.18. The summed E-state index contributed by atoms with van der Waals surface area (Å²) in [4.78, 5) is 24.1. The van der Waals surface area contributed by atoms with Gasteiger partial charge in [0, 0.05) is 10.7 Å². The third-order valence-corrected chi connectivity index (χ3v) is 3.11. The Labute approximate surface area is 129 Å². The van der Waals surface area contributed by atoms with Crippen LogP contribution in [0.3, 0.4) is 0 Å². The van der Waals surface area contributed by atoms with Gasteiger partial charge in [-0.2, -0.15) is 0 Å². The Balaban J connectivity index is 0.00000361. The Hall–Kier alpha value is -1.30. The highest BCUT2D eigenvalue weighted by molar-refractivity contribution is 6.30. The number of halogens is 2. The van der Waals surface area contributed by atoms with Crippen molar-refractivity contribution in [1.82, 2.24) is 4.90 Å². The highest BCUT2D eigenvalue weighted by Gasteiger charge is 2.19. The number of rotatable bonds is 5. The molecule has 7 heteroatoms.